The van der Waals surface area contributed by atoms with E-state index < -0.39 is 0 Å². The second kappa shape index (κ2) is 9.58. The third kappa shape index (κ3) is 5.71. The monoisotopic (exact) mass is 401 g/mol. The lowest BCUT2D eigenvalue weighted by Gasteiger charge is -2.11. The van der Waals surface area contributed by atoms with E-state index in [1.807, 2.05) is 49.4 Å². The molecule has 0 aliphatic carbocycles. The summed E-state index contributed by atoms with van der Waals surface area (Å²) in [5, 5.41) is 14.6. The third-order valence-electron chi connectivity index (χ3n) is 4.04. The molecule has 5 nitrogen and oxygen atoms in total. The third-order valence-corrected chi connectivity index (χ3v) is 5.12. The molecule has 0 atom stereocenters. The first kappa shape index (κ1) is 20.2. The molecule has 0 aliphatic heterocycles. The van der Waals surface area contributed by atoms with Gasteiger partial charge in [0.1, 0.15) is 0 Å². The van der Waals surface area contributed by atoms with Crippen LogP contribution in [0.4, 0.5) is 11.4 Å². The van der Waals surface area contributed by atoms with Gasteiger partial charge in [0.15, 0.2) is 0 Å². The summed E-state index contributed by atoms with van der Waals surface area (Å²) >= 11 is 1.29. The molecule has 0 fully saturated rings. The summed E-state index contributed by atoms with van der Waals surface area (Å²) in [7, 11) is 0. The molecule has 0 heterocycles. The number of nitrogens with zero attached hydrogens (tertiary/aromatic N) is 1. The minimum absolute atomic E-state index is 0.144. The van der Waals surface area contributed by atoms with Crippen LogP contribution in [0.1, 0.15) is 21.5 Å². The molecule has 2 amide bonds. The first-order valence-electron chi connectivity index (χ1n) is 8.95. The lowest BCUT2D eigenvalue weighted by atomic mass is 10.2. The zero-order valence-electron chi connectivity index (χ0n) is 15.8. The first-order chi connectivity index (χ1) is 14.0. The highest BCUT2D eigenvalue weighted by Gasteiger charge is 2.13. The van der Waals surface area contributed by atoms with Crippen molar-refractivity contribution in [2.75, 3.05) is 16.4 Å². The average molecular weight is 401 g/mol. The molecular weight excluding hydrogens is 382 g/mol. The molecule has 0 unspecified atom stereocenters. The summed E-state index contributed by atoms with van der Waals surface area (Å²) in [5.41, 5.74) is 3.35. The number of anilines is 2. The maximum Gasteiger partial charge on any atom is 0.256 e. The SMILES string of the molecule is Cc1cccc(NC(=O)c2ccccc2SCC(=O)Nc2cccc(C#N)c2)c1. The van der Waals surface area contributed by atoms with E-state index in [1.165, 1.54) is 11.8 Å². The molecule has 0 aliphatic rings. The van der Waals surface area contributed by atoms with Crippen molar-refractivity contribution in [2.45, 2.75) is 11.8 Å². The molecule has 144 valence electrons. The second-order valence-corrected chi connectivity index (χ2v) is 7.37. The Balaban J connectivity index is 1.65. The summed E-state index contributed by atoms with van der Waals surface area (Å²) in [6.45, 7) is 1.96. The van der Waals surface area contributed by atoms with Crippen LogP contribution in [0.3, 0.4) is 0 Å². The molecule has 3 rings (SSSR count). The van der Waals surface area contributed by atoms with Gasteiger partial charge in [-0.05, 0) is 55.0 Å². The van der Waals surface area contributed by atoms with Crippen molar-refractivity contribution in [2.24, 2.45) is 0 Å². The normalized spacial score (nSPS) is 10.1. The largest absolute Gasteiger partial charge is 0.325 e. The maximum absolute atomic E-state index is 12.7. The van der Waals surface area contributed by atoms with Crippen molar-refractivity contribution < 1.29 is 9.59 Å². The van der Waals surface area contributed by atoms with E-state index in [1.54, 1.807) is 36.4 Å². The summed E-state index contributed by atoms with van der Waals surface area (Å²) < 4.78 is 0. The Morgan fingerprint density at radius 1 is 0.931 bits per heavy atom. The van der Waals surface area contributed by atoms with Crippen LogP contribution in [0.5, 0.6) is 0 Å². The average Bonchev–Trinajstić information content (AvgIpc) is 2.72. The molecule has 2 N–H and O–H groups in total. The number of benzene rings is 3. The van der Waals surface area contributed by atoms with E-state index >= 15 is 0 Å². The quantitative estimate of drug-likeness (QED) is 0.579. The van der Waals surface area contributed by atoms with Gasteiger partial charge in [0.05, 0.1) is 22.9 Å². The van der Waals surface area contributed by atoms with Crippen LogP contribution < -0.4 is 10.6 Å². The molecule has 0 radical (unpaired) electrons. The molecule has 0 saturated heterocycles. The Bertz CT molecular complexity index is 1090. The molecular formula is C23H19N3O2S. The van der Waals surface area contributed by atoms with Crippen LogP contribution in [-0.2, 0) is 4.79 Å². The van der Waals surface area contributed by atoms with Crippen molar-refractivity contribution >= 4 is 35.0 Å². The van der Waals surface area contributed by atoms with Gasteiger partial charge in [-0.3, -0.25) is 9.59 Å². The predicted molar refractivity (Wildman–Crippen MR) is 116 cm³/mol. The Morgan fingerprint density at radius 2 is 1.66 bits per heavy atom. The van der Waals surface area contributed by atoms with Crippen LogP contribution in [0.25, 0.3) is 0 Å². The minimum Gasteiger partial charge on any atom is -0.325 e. The summed E-state index contributed by atoms with van der Waals surface area (Å²) in [4.78, 5) is 25.7. The van der Waals surface area contributed by atoms with E-state index in [2.05, 4.69) is 10.6 Å². The van der Waals surface area contributed by atoms with Gasteiger partial charge in [0.25, 0.3) is 5.91 Å². The number of aryl methyl sites for hydroxylation is 1. The number of carbonyl (C=O) groups excluding carboxylic acids is 2. The van der Waals surface area contributed by atoms with E-state index in [0.29, 0.717) is 16.8 Å². The number of hydrogen-bond donors (Lipinski definition) is 2. The van der Waals surface area contributed by atoms with Gasteiger partial charge < -0.3 is 10.6 Å². The van der Waals surface area contributed by atoms with Gasteiger partial charge in [-0.15, -0.1) is 11.8 Å². The fourth-order valence-electron chi connectivity index (χ4n) is 2.71. The molecule has 29 heavy (non-hydrogen) atoms. The standard InChI is InChI=1S/C23H19N3O2S/c1-16-6-4-8-18(12-16)26-23(28)20-10-2-3-11-21(20)29-15-22(27)25-19-9-5-7-17(13-19)14-24/h2-13H,15H2,1H3,(H,25,27)(H,26,28). The summed E-state index contributed by atoms with van der Waals surface area (Å²) in [6.07, 6.45) is 0. The highest BCUT2D eigenvalue weighted by molar-refractivity contribution is 8.00. The van der Waals surface area contributed by atoms with Gasteiger partial charge in [-0.2, -0.15) is 5.26 Å². The molecule has 0 saturated carbocycles. The number of thioether (sulfide) groups is 1. The maximum atomic E-state index is 12.7. The predicted octanol–water partition coefficient (Wildman–Crippen LogP) is 4.85. The molecule has 6 heteroatoms. The van der Waals surface area contributed by atoms with Crippen LogP contribution in [0.2, 0.25) is 0 Å². The fraction of sp³-hybridized carbons (Fsp3) is 0.0870. The number of rotatable bonds is 6. The Labute approximate surface area is 173 Å². The number of nitrogens with one attached hydrogen (secondary N) is 2. The first-order valence-corrected chi connectivity index (χ1v) is 9.93. The Hall–Kier alpha value is -3.56. The van der Waals surface area contributed by atoms with Crippen LogP contribution >= 0.6 is 11.8 Å². The fourth-order valence-corrected chi connectivity index (χ4v) is 3.56. The highest BCUT2D eigenvalue weighted by atomic mass is 32.2. The molecule has 0 bridgehead atoms. The van der Waals surface area contributed by atoms with Crippen LogP contribution in [-0.4, -0.2) is 17.6 Å². The zero-order valence-corrected chi connectivity index (χ0v) is 16.6. The van der Waals surface area contributed by atoms with Crippen LogP contribution in [0, 0.1) is 18.3 Å². The van der Waals surface area contributed by atoms with Gasteiger partial charge in [0.2, 0.25) is 5.91 Å². The Morgan fingerprint density at radius 3 is 2.41 bits per heavy atom. The molecule has 3 aromatic carbocycles. The van der Waals surface area contributed by atoms with Crippen LogP contribution in [0.15, 0.2) is 77.7 Å². The van der Waals surface area contributed by atoms with Crippen molar-refractivity contribution in [3.05, 3.63) is 89.5 Å². The van der Waals surface area contributed by atoms with Crippen molar-refractivity contribution in [3.63, 3.8) is 0 Å². The van der Waals surface area contributed by atoms with E-state index in [9.17, 15) is 9.59 Å². The topological polar surface area (TPSA) is 82.0 Å². The van der Waals surface area contributed by atoms with E-state index in [0.717, 1.165) is 16.1 Å². The van der Waals surface area contributed by atoms with E-state index in [-0.39, 0.29) is 17.6 Å². The van der Waals surface area contributed by atoms with Crippen molar-refractivity contribution in [3.8, 4) is 6.07 Å². The van der Waals surface area contributed by atoms with Crippen molar-refractivity contribution in [1.29, 1.82) is 5.26 Å². The number of nitriles is 1. The van der Waals surface area contributed by atoms with E-state index in [4.69, 9.17) is 5.26 Å². The van der Waals surface area contributed by atoms with Gasteiger partial charge in [-0.1, -0.05) is 30.3 Å². The van der Waals surface area contributed by atoms with Gasteiger partial charge >= 0.3 is 0 Å². The summed E-state index contributed by atoms with van der Waals surface area (Å²) in [5.74, 6) is -0.286. The lowest BCUT2D eigenvalue weighted by molar-refractivity contribution is -0.113. The lowest BCUT2D eigenvalue weighted by Crippen LogP contribution is -2.16. The summed E-state index contributed by atoms with van der Waals surface area (Å²) in [6, 6.07) is 23.5. The van der Waals surface area contributed by atoms with Gasteiger partial charge in [0, 0.05) is 16.3 Å². The smallest absolute Gasteiger partial charge is 0.256 e. The molecule has 0 spiro atoms. The molecule has 3 aromatic rings. The van der Waals surface area contributed by atoms with Gasteiger partial charge in [-0.25, -0.2) is 0 Å². The second-order valence-electron chi connectivity index (χ2n) is 6.35. The minimum atomic E-state index is -0.221. The molecule has 0 aromatic heterocycles. The Kier molecular flexibility index (Phi) is 6.67. The zero-order chi connectivity index (χ0) is 20.6. The number of carbonyl (C=O) groups is 2. The number of amides is 2. The van der Waals surface area contributed by atoms with Crippen molar-refractivity contribution in [1.82, 2.24) is 0 Å². The highest BCUT2D eigenvalue weighted by Crippen LogP contribution is 2.24. The number of hydrogen-bond acceptors (Lipinski definition) is 4.